The first-order valence-electron chi connectivity index (χ1n) is 8.89. The fraction of sp³-hybridized carbons (Fsp3) is 0.421. The number of rotatable bonds is 5. The van der Waals surface area contributed by atoms with E-state index in [1.165, 1.54) is 5.00 Å². The van der Waals surface area contributed by atoms with Crippen molar-refractivity contribution >= 4 is 46.3 Å². The molecule has 1 fully saturated rings. The molecule has 0 saturated carbocycles. The van der Waals surface area contributed by atoms with Crippen LogP contribution in [0.3, 0.4) is 0 Å². The number of benzene rings is 1. The number of nitrogens with one attached hydrogen (secondary N) is 1. The van der Waals surface area contributed by atoms with Gasteiger partial charge in [-0.05, 0) is 42.6 Å². The van der Waals surface area contributed by atoms with E-state index in [-0.39, 0.29) is 29.7 Å². The number of phenols is 1. The van der Waals surface area contributed by atoms with E-state index in [1.807, 2.05) is 6.07 Å². The van der Waals surface area contributed by atoms with Gasteiger partial charge in [-0.25, -0.2) is 4.99 Å². The Bertz CT molecular complexity index is 731. The Labute approximate surface area is 181 Å². The minimum Gasteiger partial charge on any atom is -0.508 e. The zero-order valence-electron chi connectivity index (χ0n) is 15.7. The number of hydrogen-bond acceptors (Lipinski definition) is 5. The van der Waals surface area contributed by atoms with Crippen LogP contribution in [0.25, 0.3) is 0 Å². The summed E-state index contributed by atoms with van der Waals surface area (Å²) in [5.74, 6) is 1.86. The highest BCUT2D eigenvalue weighted by Crippen LogP contribution is 2.24. The van der Waals surface area contributed by atoms with Crippen LogP contribution in [0.4, 0.5) is 5.00 Å². The maximum absolute atomic E-state index is 10.1. The third-order valence-electron chi connectivity index (χ3n) is 4.42. The molecule has 2 heterocycles. The number of ether oxygens (including phenoxy) is 1. The quantitative estimate of drug-likeness (QED) is 0.373. The number of methoxy groups -OCH3 is 1. The smallest absolute Gasteiger partial charge is 0.194 e. The summed E-state index contributed by atoms with van der Waals surface area (Å²) >= 11 is 1.78. The number of aliphatic imine (C=N–C) groups is 1. The number of aromatic hydroxyl groups is 1. The minimum atomic E-state index is 0. The summed E-state index contributed by atoms with van der Waals surface area (Å²) in [5.41, 5.74) is 0.761. The summed E-state index contributed by atoms with van der Waals surface area (Å²) < 4.78 is 5.24. The van der Waals surface area contributed by atoms with Crippen molar-refractivity contribution in [2.45, 2.75) is 13.5 Å². The average Bonchev–Trinajstić information content (AvgIpc) is 3.21. The van der Waals surface area contributed by atoms with Gasteiger partial charge < -0.3 is 25.0 Å². The van der Waals surface area contributed by atoms with E-state index in [0.29, 0.717) is 6.54 Å². The van der Waals surface area contributed by atoms with Crippen molar-refractivity contribution in [1.29, 1.82) is 0 Å². The van der Waals surface area contributed by atoms with E-state index in [4.69, 9.17) is 9.73 Å². The normalized spacial score (nSPS) is 14.7. The van der Waals surface area contributed by atoms with Crippen LogP contribution in [0.2, 0.25) is 0 Å². The molecule has 148 valence electrons. The first kappa shape index (κ1) is 21.6. The van der Waals surface area contributed by atoms with Gasteiger partial charge in [0.15, 0.2) is 5.96 Å². The van der Waals surface area contributed by atoms with Crippen LogP contribution in [0.1, 0.15) is 12.5 Å². The molecular formula is C19H27IN4O2S. The van der Waals surface area contributed by atoms with Gasteiger partial charge in [0.1, 0.15) is 11.5 Å². The van der Waals surface area contributed by atoms with Crippen molar-refractivity contribution in [3.05, 3.63) is 41.3 Å². The van der Waals surface area contributed by atoms with Crippen LogP contribution < -0.4 is 15.0 Å². The van der Waals surface area contributed by atoms with Crippen molar-refractivity contribution in [2.75, 3.05) is 44.7 Å². The van der Waals surface area contributed by atoms with E-state index in [9.17, 15) is 5.11 Å². The molecule has 1 aromatic carbocycles. The van der Waals surface area contributed by atoms with Gasteiger partial charge in [0.2, 0.25) is 0 Å². The van der Waals surface area contributed by atoms with Crippen LogP contribution in [-0.2, 0) is 6.54 Å². The number of guanidine groups is 1. The molecule has 1 aromatic heterocycles. The number of anilines is 1. The number of thiophene rings is 1. The summed E-state index contributed by atoms with van der Waals surface area (Å²) in [6.07, 6.45) is 0. The van der Waals surface area contributed by atoms with Gasteiger partial charge in [-0.2, -0.15) is 0 Å². The first-order chi connectivity index (χ1) is 12.7. The number of halogens is 1. The van der Waals surface area contributed by atoms with Crippen LogP contribution in [0.15, 0.2) is 40.7 Å². The van der Waals surface area contributed by atoms with Crippen molar-refractivity contribution in [3.8, 4) is 11.5 Å². The second-order valence-electron chi connectivity index (χ2n) is 6.09. The van der Waals surface area contributed by atoms with Crippen LogP contribution in [0, 0.1) is 0 Å². The molecular weight excluding hydrogens is 475 g/mol. The Morgan fingerprint density at radius 1 is 1.26 bits per heavy atom. The summed E-state index contributed by atoms with van der Waals surface area (Å²) in [4.78, 5) is 9.43. The largest absolute Gasteiger partial charge is 0.508 e. The zero-order valence-corrected chi connectivity index (χ0v) is 18.9. The van der Waals surface area contributed by atoms with E-state index in [0.717, 1.165) is 50.0 Å². The Morgan fingerprint density at radius 3 is 2.67 bits per heavy atom. The Balaban J connectivity index is 0.00000261. The fourth-order valence-corrected chi connectivity index (χ4v) is 3.78. The van der Waals surface area contributed by atoms with Crippen LogP contribution in [-0.4, -0.2) is 55.8 Å². The lowest BCUT2D eigenvalue weighted by atomic mass is 10.2. The van der Waals surface area contributed by atoms with Gasteiger partial charge >= 0.3 is 0 Å². The maximum Gasteiger partial charge on any atom is 0.194 e. The molecule has 3 rings (SSSR count). The van der Waals surface area contributed by atoms with Crippen molar-refractivity contribution < 1.29 is 9.84 Å². The number of hydrogen-bond donors (Lipinski definition) is 2. The first-order valence-corrected chi connectivity index (χ1v) is 9.77. The Hall–Kier alpha value is -1.68. The molecule has 0 spiro atoms. The van der Waals surface area contributed by atoms with E-state index < -0.39 is 0 Å². The predicted octanol–water partition coefficient (Wildman–Crippen LogP) is 3.37. The zero-order chi connectivity index (χ0) is 18.4. The molecule has 2 N–H and O–H groups in total. The van der Waals surface area contributed by atoms with Gasteiger partial charge in [-0.1, -0.05) is 0 Å². The molecule has 0 amide bonds. The highest BCUT2D eigenvalue weighted by Gasteiger charge is 2.20. The molecule has 0 aliphatic carbocycles. The molecule has 27 heavy (non-hydrogen) atoms. The number of nitrogens with zero attached hydrogens (tertiary/aromatic N) is 3. The lowest BCUT2D eigenvalue weighted by molar-refractivity contribution is 0.373. The summed E-state index contributed by atoms with van der Waals surface area (Å²) in [5, 5.41) is 16.9. The molecule has 1 saturated heterocycles. The standard InChI is InChI=1S/C19H26N4O2S.HI/c1-3-20-19(21-14-15-13-16(25-2)6-7-17(15)24)23-10-8-22(9-11-23)18-5-4-12-26-18;/h4-7,12-13,24H,3,8-11,14H2,1-2H3,(H,20,21);1H. The van der Waals surface area contributed by atoms with E-state index in [1.54, 1.807) is 30.6 Å². The molecule has 6 nitrogen and oxygen atoms in total. The lowest BCUT2D eigenvalue weighted by Gasteiger charge is -2.37. The summed E-state index contributed by atoms with van der Waals surface area (Å²) in [6.45, 7) is 7.11. The van der Waals surface area contributed by atoms with Gasteiger partial charge in [0.05, 0.1) is 18.7 Å². The number of piperazine rings is 1. The summed E-state index contributed by atoms with van der Waals surface area (Å²) in [7, 11) is 1.62. The maximum atomic E-state index is 10.1. The topological polar surface area (TPSA) is 60.3 Å². The predicted molar refractivity (Wildman–Crippen MR) is 123 cm³/mol. The summed E-state index contributed by atoms with van der Waals surface area (Å²) in [6, 6.07) is 9.49. The third-order valence-corrected chi connectivity index (χ3v) is 5.35. The third kappa shape index (κ3) is 5.65. The molecule has 0 radical (unpaired) electrons. The monoisotopic (exact) mass is 502 g/mol. The van der Waals surface area contributed by atoms with Gasteiger partial charge in [0.25, 0.3) is 0 Å². The second-order valence-corrected chi connectivity index (χ2v) is 7.02. The second kappa shape index (κ2) is 10.6. The van der Waals surface area contributed by atoms with Crippen LogP contribution in [0.5, 0.6) is 11.5 Å². The molecule has 0 bridgehead atoms. The Morgan fingerprint density at radius 2 is 2.04 bits per heavy atom. The van der Waals surface area contributed by atoms with Gasteiger partial charge in [-0.15, -0.1) is 35.3 Å². The van der Waals surface area contributed by atoms with Crippen molar-refractivity contribution in [3.63, 3.8) is 0 Å². The highest BCUT2D eigenvalue weighted by molar-refractivity contribution is 14.0. The van der Waals surface area contributed by atoms with Crippen LogP contribution >= 0.6 is 35.3 Å². The lowest BCUT2D eigenvalue weighted by Crippen LogP contribution is -2.52. The number of phenolic OH excluding ortho intramolecular Hbond substituents is 1. The average molecular weight is 502 g/mol. The minimum absolute atomic E-state index is 0. The van der Waals surface area contributed by atoms with Gasteiger partial charge in [0, 0.05) is 38.3 Å². The molecule has 0 atom stereocenters. The molecule has 1 aliphatic heterocycles. The SMILES string of the molecule is CCNC(=NCc1cc(OC)ccc1O)N1CCN(c2cccs2)CC1.I. The van der Waals surface area contributed by atoms with Crippen molar-refractivity contribution in [2.24, 2.45) is 4.99 Å². The molecule has 8 heteroatoms. The van der Waals surface area contributed by atoms with E-state index >= 15 is 0 Å². The Kier molecular flexibility index (Phi) is 8.49. The fourth-order valence-electron chi connectivity index (χ4n) is 2.99. The molecule has 0 unspecified atom stereocenters. The molecule has 1 aliphatic rings. The highest BCUT2D eigenvalue weighted by atomic mass is 127. The van der Waals surface area contributed by atoms with Crippen molar-refractivity contribution in [1.82, 2.24) is 10.2 Å². The van der Waals surface area contributed by atoms with E-state index in [2.05, 4.69) is 39.6 Å². The van der Waals surface area contributed by atoms with Gasteiger partial charge in [-0.3, -0.25) is 0 Å². The molecule has 2 aromatic rings.